The normalized spacial score (nSPS) is 15.5. The van der Waals surface area contributed by atoms with E-state index < -0.39 is 0 Å². The number of pyridine rings is 1. The predicted octanol–water partition coefficient (Wildman–Crippen LogP) is 7.52. The van der Waals surface area contributed by atoms with Crippen molar-refractivity contribution >= 4 is 109 Å². The van der Waals surface area contributed by atoms with Gasteiger partial charge >= 0.3 is 0 Å². The maximum atomic E-state index is 12.9. The van der Waals surface area contributed by atoms with E-state index >= 15 is 0 Å². The fourth-order valence-electron chi connectivity index (χ4n) is 4.43. The number of hydrogen-bond acceptors (Lipinski definition) is 7. The Kier molecular flexibility index (Phi) is 10.2. The van der Waals surface area contributed by atoms with Crippen LogP contribution in [0, 0.1) is 5.92 Å². The van der Waals surface area contributed by atoms with Crippen molar-refractivity contribution in [1.82, 2.24) is 19.6 Å². The van der Waals surface area contributed by atoms with E-state index in [1.807, 2.05) is 35.2 Å². The highest BCUT2D eigenvalue weighted by molar-refractivity contribution is 9.50. The lowest BCUT2D eigenvalue weighted by Gasteiger charge is -2.31. The average molecular weight is 711 g/mol. The van der Waals surface area contributed by atoms with Crippen molar-refractivity contribution in [2.45, 2.75) is 39.8 Å². The van der Waals surface area contributed by atoms with Gasteiger partial charge in [0, 0.05) is 24.5 Å². The number of piperidine rings is 1. The molecule has 0 unspecified atom stereocenters. The van der Waals surface area contributed by atoms with Crippen LogP contribution < -0.4 is 5.32 Å². The summed E-state index contributed by atoms with van der Waals surface area (Å²) in [6, 6.07) is 7.92. The van der Waals surface area contributed by atoms with Crippen molar-refractivity contribution in [2.75, 3.05) is 19.6 Å². The Labute approximate surface area is 247 Å². The van der Waals surface area contributed by atoms with E-state index in [-0.39, 0.29) is 24.2 Å². The molecule has 5 rings (SSSR count). The van der Waals surface area contributed by atoms with Crippen LogP contribution in [0.1, 0.15) is 41.0 Å². The predicted molar refractivity (Wildman–Crippen MR) is 161 cm³/mol. The van der Waals surface area contributed by atoms with Gasteiger partial charge in [-0.2, -0.15) is 0 Å². The molecule has 0 aliphatic carbocycles. The fraction of sp³-hybridized carbons (Fsp3) is 0.348. The SMILES string of the molecule is Cl.O=C(NCCCC1CCN(C(=O)c2cc(SBr)c(SBr)s2)CC1)C1=Cc2cnc3cccc(n23)S1. The summed E-state index contributed by atoms with van der Waals surface area (Å²) in [5.41, 5.74) is 1.84. The molecular weight excluding hydrogens is 688 g/mol. The van der Waals surface area contributed by atoms with Crippen molar-refractivity contribution in [2.24, 2.45) is 5.92 Å². The number of nitrogens with zero attached hydrogens (tertiary/aromatic N) is 3. The minimum Gasteiger partial charge on any atom is -0.352 e. The summed E-state index contributed by atoms with van der Waals surface area (Å²) in [5, 5.41) is 4.09. The largest absolute Gasteiger partial charge is 0.352 e. The van der Waals surface area contributed by atoms with Gasteiger partial charge < -0.3 is 10.2 Å². The Morgan fingerprint density at radius 3 is 2.72 bits per heavy atom. The lowest BCUT2D eigenvalue weighted by molar-refractivity contribution is -0.116. The Hall–Kier alpha value is -0.630. The fourth-order valence-corrected chi connectivity index (χ4v) is 10.4. The van der Waals surface area contributed by atoms with Crippen LogP contribution in [0.3, 0.4) is 0 Å². The molecule has 3 aromatic heterocycles. The van der Waals surface area contributed by atoms with E-state index in [4.69, 9.17) is 0 Å². The number of likely N-dealkylation sites (tertiary alicyclic amines) is 1. The first-order valence-electron chi connectivity index (χ1n) is 11.2. The van der Waals surface area contributed by atoms with E-state index in [1.54, 1.807) is 6.20 Å². The second kappa shape index (κ2) is 12.9. The van der Waals surface area contributed by atoms with Gasteiger partial charge in [-0.3, -0.25) is 14.0 Å². The zero-order valence-electron chi connectivity index (χ0n) is 18.9. The van der Waals surface area contributed by atoms with E-state index in [2.05, 4.69) is 44.3 Å². The number of aromatic nitrogens is 2. The summed E-state index contributed by atoms with van der Waals surface area (Å²) in [5.74, 6) is 0.696. The molecule has 1 N–H and O–H groups in total. The van der Waals surface area contributed by atoms with Gasteiger partial charge in [-0.05, 0) is 106 Å². The van der Waals surface area contributed by atoms with Crippen LogP contribution in [0.4, 0.5) is 0 Å². The highest BCUT2D eigenvalue weighted by Gasteiger charge is 2.26. The number of thioether (sulfide) groups is 1. The molecule has 36 heavy (non-hydrogen) atoms. The van der Waals surface area contributed by atoms with E-state index in [0.717, 1.165) is 69.1 Å². The van der Waals surface area contributed by atoms with Crippen LogP contribution >= 0.6 is 85.5 Å². The molecule has 1 fully saturated rings. The van der Waals surface area contributed by atoms with Gasteiger partial charge in [0.15, 0.2) is 0 Å². The molecule has 0 spiro atoms. The number of halogens is 3. The number of carbonyl (C=O) groups is 2. The summed E-state index contributed by atoms with van der Waals surface area (Å²) in [6.07, 6.45) is 7.75. The standard InChI is InChI=1S/C23H22Br2N4O2S4.ClH/c24-34-18-12-17(33-23(18)35-25)22(31)28-9-6-14(7-10-28)3-2-8-26-21(30)16-11-15-13-27-19-4-1-5-20(32-16)29(15)19;/h1,4-5,11-14H,2-3,6-10H2,(H,26,30);1H. The Bertz CT molecular complexity index is 1270. The van der Waals surface area contributed by atoms with Gasteiger partial charge in [-0.15, -0.1) is 23.7 Å². The molecule has 2 amide bonds. The summed E-state index contributed by atoms with van der Waals surface area (Å²) >= 11 is 9.86. The number of carbonyl (C=O) groups excluding carboxylic acids is 2. The van der Waals surface area contributed by atoms with Crippen LogP contribution in [0.15, 0.2) is 49.5 Å². The Balaban J connectivity index is 0.00000304. The van der Waals surface area contributed by atoms with Gasteiger partial charge in [-0.25, -0.2) is 4.98 Å². The maximum absolute atomic E-state index is 12.9. The van der Waals surface area contributed by atoms with Crippen molar-refractivity contribution in [3.05, 3.63) is 45.9 Å². The summed E-state index contributed by atoms with van der Waals surface area (Å²) in [4.78, 5) is 34.6. The molecular formula is C23H23Br2ClN4O2S4. The molecule has 1 saturated heterocycles. The summed E-state index contributed by atoms with van der Waals surface area (Å²) in [7, 11) is 2.98. The highest BCUT2D eigenvalue weighted by Crippen LogP contribution is 2.43. The minimum atomic E-state index is -0.0298. The first-order chi connectivity index (χ1) is 17.1. The van der Waals surface area contributed by atoms with Crippen molar-refractivity contribution < 1.29 is 9.59 Å². The first-order valence-corrected chi connectivity index (χ1v) is 18.2. The molecule has 0 aromatic carbocycles. The van der Waals surface area contributed by atoms with Gasteiger partial charge in [0.25, 0.3) is 11.8 Å². The third-order valence-electron chi connectivity index (χ3n) is 6.24. The summed E-state index contributed by atoms with van der Waals surface area (Å²) < 4.78 is 3.16. The highest BCUT2D eigenvalue weighted by atomic mass is 79.9. The molecule has 2 aliphatic rings. The topological polar surface area (TPSA) is 66.7 Å². The lowest BCUT2D eigenvalue weighted by Crippen LogP contribution is -2.38. The molecule has 0 bridgehead atoms. The van der Waals surface area contributed by atoms with Crippen LogP contribution in [0.2, 0.25) is 0 Å². The maximum Gasteiger partial charge on any atom is 0.264 e. The Morgan fingerprint density at radius 2 is 2.00 bits per heavy atom. The molecule has 0 atom stereocenters. The number of amides is 2. The summed E-state index contributed by atoms with van der Waals surface area (Å²) in [6.45, 7) is 2.25. The van der Waals surface area contributed by atoms with Gasteiger partial charge in [0.05, 0.1) is 30.9 Å². The second-order valence-electron chi connectivity index (χ2n) is 8.40. The molecule has 0 saturated carbocycles. The molecule has 13 heteroatoms. The third kappa shape index (κ3) is 6.16. The van der Waals surface area contributed by atoms with Crippen LogP contribution in [-0.2, 0) is 4.79 Å². The minimum absolute atomic E-state index is 0. The number of nitrogens with one attached hydrogen (secondary N) is 1. The van der Waals surface area contributed by atoms with E-state index in [9.17, 15) is 9.59 Å². The molecule has 6 nitrogen and oxygen atoms in total. The van der Waals surface area contributed by atoms with Crippen molar-refractivity contribution in [3.63, 3.8) is 0 Å². The van der Waals surface area contributed by atoms with Crippen LogP contribution in [0.25, 0.3) is 11.7 Å². The van der Waals surface area contributed by atoms with Crippen molar-refractivity contribution in [3.8, 4) is 0 Å². The quantitative estimate of drug-likeness (QED) is 0.244. The third-order valence-corrected chi connectivity index (χ3v) is 12.5. The number of imidazole rings is 1. The zero-order chi connectivity index (χ0) is 24.4. The number of hydrogen-bond donors (Lipinski definition) is 1. The number of rotatable bonds is 8. The average Bonchev–Trinajstić information content (AvgIpc) is 3.51. The van der Waals surface area contributed by atoms with Gasteiger partial charge in [0.1, 0.15) is 5.65 Å². The molecule has 5 heterocycles. The Morgan fingerprint density at radius 1 is 1.19 bits per heavy atom. The second-order valence-corrected chi connectivity index (χ2v) is 13.9. The lowest BCUT2D eigenvalue weighted by atomic mass is 9.92. The van der Waals surface area contributed by atoms with Crippen molar-refractivity contribution in [1.29, 1.82) is 0 Å². The van der Waals surface area contributed by atoms with Crippen LogP contribution in [0.5, 0.6) is 0 Å². The monoisotopic (exact) mass is 708 g/mol. The molecule has 192 valence electrons. The molecule has 2 aliphatic heterocycles. The van der Waals surface area contributed by atoms with E-state index in [0.29, 0.717) is 17.4 Å². The molecule has 3 aromatic rings. The molecule has 0 radical (unpaired) electrons. The van der Waals surface area contributed by atoms with E-state index in [1.165, 1.54) is 43.5 Å². The smallest absolute Gasteiger partial charge is 0.264 e. The van der Waals surface area contributed by atoms with Crippen LogP contribution in [-0.4, -0.2) is 45.7 Å². The zero-order valence-corrected chi connectivity index (χ0v) is 26.2. The van der Waals surface area contributed by atoms with Gasteiger partial charge in [-0.1, -0.05) is 17.8 Å². The first kappa shape index (κ1) is 28.4. The van der Waals surface area contributed by atoms with Gasteiger partial charge in [0.2, 0.25) is 0 Å². The number of thiophene rings is 1.